The largest absolute Gasteiger partial charge is 0.461 e. The van der Waals surface area contributed by atoms with Gasteiger partial charge in [0.25, 0.3) is 0 Å². The van der Waals surface area contributed by atoms with Gasteiger partial charge in [-0.15, -0.1) is 0 Å². The van der Waals surface area contributed by atoms with Gasteiger partial charge < -0.3 is 4.42 Å². The van der Waals surface area contributed by atoms with Crippen LogP contribution in [0.3, 0.4) is 0 Å². The monoisotopic (exact) mass is 277 g/mol. The number of hydrogen-bond donors (Lipinski definition) is 0. The molecule has 4 rings (SSSR count). The molecule has 0 N–H and O–H groups in total. The zero-order chi connectivity index (χ0) is 13.7. The molecule has 1 saturated carbocycles. The summed E-state index contributed by atoms with van der Waals surface area (Å²) in [5.74, 6) is -0.235. The molecule has 4 heteroatoms. The molecule has 0 saturated heterocycles. The first-order chi connectivity index (χ1) is 9.72. The van der Waals surface area contributed by atoms with Gasteiger partial charge in [-0.05, 0) is 25.8 Å². The molecule has 0 radical (unpaired) electrons. The molecule has 2 heterocycles. The van der Waals surface area contributed by atoms with Gasteiger partial charge in [0.05, 0.1) is 5.39 Å². The quantitative estimate of drug-likeness (QED) is 0.783. The molecule has 0 bridgehead atoms. The molecule has 2 aliphatic rings. The number of halogens is 2. The topological polar surface area (TPSA) is 16.4 Å². The van der Waals surface area contributed by atoms with Crippen molar-refractivity contribution in [3.05, 3.63) is 35.1 Å². The maximum absolute atomic E-state index is 14.1. The van der Waals surface area contributed by atoms with Crippen LogP contribution in [-0.2, 0) is 13.0 Å². The molecular formula is C16H17F2NO. The van der Waals surface area contributed by atoms with Gasteiger partial charge in [-0.25, -0.2) is 8.78 Å². The maximum atomic E-state index is 14.1. The van der Waals surface area contributed by atoms with E-state index in [9.17, 15) is 8.78 Å². The molecule has 1 aromatic carbocycles. The van der Waals surface area contributed by atoms with E-state index in [4.69, 9.17) is 4.42 Å². The molecule has 20 heavy (non-hydrogen) atoms. The van der Waals surface area contributed by atoms with Crippen LogP contribution in [0.4, 0.5) is 8.78 Å². The zero-order valence-electron chi connectivity index (χ0n) is 11.3. The van der Waals surface area contributed by atoms with Crippen molar-refractivity contribution in [3.8, 4) is 0 Å². The molecule has 0 amide bonds. The van der Waals surface area contributed by atoms with E-state index in [1.54, 1.807) is 0 Å². The minimum Gasteiger partial charge on any atom is -0.461 e. The summed E-state index contributed by atoms with van der Waals surface area (Å²) in [6.45, 7) is 1.77. The van der Waals surface area contributed by atoms with Crippen molar-refractivity contribution in [2.75, 3.05) is 6.54 Å². The number of hydrogen-bond acceptors (Lipinski definition) is 2. The minimum atomic E-state index is -0.574. The van der Waals surface area contributed by atoms with Crippen LogP contribution in [-0.4, -0.2) is 17.5 Å². The number of furan rings is 1. The lowest BCUT2D eigenvalue weighted by atomic mass is 9.91. The van der Waals surface area contributed by atoms with Gasteiger partial charge in [0, 0.05) is 36.7 Å². The summed E-state index contributed by atoms with van der Waals surface area (Å²) < 4.78 is 33.1. The Kier molecular flexibility index (Phi) is 2.81. The van der Waals surface area contributed by atoms with Crippen molar-refractivity contribution >= 4 is 11.0 Å². The Morgan fingerprint density at radius 1 is 1.15 bits per heavy atom. The van der Waals surface area contributed by atoms with Crippen LogP contribution in [0.15, 0.2) is 16.5 Å². The second-order valence-electron chi connectivity index (χ2n) is 5.92. The van der Waals surface area contributed by atoms with Crippen molar-refractivity contribution in [2.45, 2.75) is 44.7 Å². The first-order valence-corrected chi connectivity index (χ1v) is 7.36. The van der Waals surface area contributed by atoms with Gasteiger partial charge in [-0.1, -0.05) is 6.42 Å². The average molecular weight is 277 g/mol. The molecule has 2 nitrogen and oxygen atoms in total. The second kappa shape index (κ2) is 4.55. The summed E-state index contributed by atoms with van der Waals surface area (Å²) >= 11 is 0. The molecule has 1 aliphatic heterocycles. The van der Waals surface area contributed by atoms with E-state index in [2.05, 4.69) is 4.90 Å². The van der Waals surface area contributed by atoms with Crippen molar-refractivity contribution < 1.29 is 13.2 Å². The van der Waals surface area contributed by atoms with Crippen LogP contribution in [0.5, 0.6) is 0 Å². The lowest BCUT2D eigenvalue weighted by Gasteiger charge is -2.36. The first-order valence-electron chi connectivity index (χ1n) is 7.36. The average Bonchev–Trinajstić information content (AvgIpc) is 2.53. The third-order valence-electron chi connectivity index (χ3n) is 4.69. The molecular weight excluding hydrogens is 260 g/mol. The molecule has 2 aromatic rings. The van der Waals surface area contributed by atoms with E-state index >= 15 is 0 Å². The second-order valence-corrected chi connectivity index (χ2v) is 5.92. The smallest absolute Gasteiger partial charge is 0.140 e. The Labute approximate surface area is 116 Å². The number of fused-ring (bicyclic) bond motifs is 3. The van der Waals surface area contributed by atoms with Crippen molar-refractivity contribution in [1.82, 2.24) is 4.90 Å². The van der Waals surface area contributed by atoms with Crippen LogP contribution in [0.1, 0.15) is 37.0 Å². The number of benzene rings is 1. The van der Waals surface area contributed by atoms with Gasteiger partial charge in [-0.3, -0.25) is 4.90 Å². The molecule has 1 fully saturated rings. The van der Waals surface area contributed by atoms with Crippen molar-refractivity contribution in [2.24, 2.45) is 0 Å². The molecule has 106 valence electrons. The molecule has 0 spiro atoms. The fourth-order valence-electron chi connectivity index (χ4n) is 3.41. The summed E-state index contributed by atoms with van der Waals surface area (Å²) in [7, 11) is 0. The van der Waals surface area contributed by atoms with Gasteiger partial charge in [0.1, 0.15) is 23.0 Å². The van der Waals surface area contributed by atoms with Gasteiger partial charge in [0.2, 0.25) is 0 Å². The van der Waals surface area contributed by atoms with Crippen LogP contribution in [0, 0.1) is 11.6 Å². The molecule has 1 aromatic heterocycles. The highest BCUT2D eigenvalue weighted by Gasteiger charge is 2.29. The maximum Gasteiger partial charge on any atom is 0.140 e. The third-order valence-corrected chi connectivity index (χ3v) is 4.69. The standard InChI is InChI=1S/C16H17F2NO/c17-10-7-13(18)16-12-9-19(11-3-1-4-11)6-2-5-14(12)20-15(16)8-10/h7-8,11H,1-6,9H2. The summed E-state index contributed by atoms with van der Waals surface area (Å²) in [5.41, 5.74) is 1.28. The Morgan fingerprint density at radius 2 is 2.00 bits per heavy atom. The van der Waals surface area contributed by atoms with Gasteiger partial charge >= 0.3 is 0 Å². The number of nitrogens with zero attached hydrogens (tertiary/aromatic N) is 1. The van der Waals surface area contributed by atoms with E-state index in [1.165, 1.54) is 25.3 Å². The minimum absolute atomic E-state index is 0.350. The highest BCUT2D eigenvalue weighted by molar-refractivity contribution is 5.83. The zero-order valence-corrected chi connectivity index (χ0v) is 11.3. The highest BCUT2D eigenvalue weighted by atomic mass is 19.1. The fourth-order valence-corrected chi connectivity index (χ4v) is 3.41. The Morgan fingerprint density at radius 3 is 2.75 bits per heavy atom. The number of aryl methyl sites for hydroxylation is 1. The van der Waals surface area contributed by atoms with E-state index in [0.29, 0.717) is 17.0 Å². The molecule has 1 aliphatic carbocycles. The number of rotatable bonds is 1. The third kappa shape index (κ3) is 1.85. The fraction of sp³-hybridized carbons (Fsp3) is 0.500. The SMILES string of the molecule is Fc1cc(F)c2c3c(oc2c1)CCCN(C1CCC1)C3. The summed E-state index contributed by atoms with van der Waals surface area (Å²) in [5, 5.41) is 0.479. The Bertz CT molecular complexity index is 660. The highest BCUT2D eigenvalue weighted by Crippen LogP contribution is 2.35. The Balaban J connectivity index is 1.81. The molecule has 0 unspecified atom stereocenters. The summed E-state index contributed by atoms with van der Waals surface area (Å²) in [6.07, 6.45) is 5.60. The van der Waals surface area contributed by atoms with Crippen LogP contribution in [0.2, 0.25) is 0 Å². The van der Waals surface area contributed by atoms with Gasteiger partial charge in [0.15, 0.2) is 0 Å². The van der Waals surface area contributed by atoms with Crippen LogP contribution < -0.4 is 0 Å². The predicted octanol–water partition coefficient (Wildman–Crippen LogP) is 4.01. The van der Waals surface area contributed by atoms with Crippen molar-refractivity contribution in [1.29, 1.82) is 0 Å². The van der Waals surface area contributed by atoms with Gasteiger partial charge in [-0.2, -0.15) is 0 Å². The van der Waals surface area contributed by atoms with Crippen molar-refractivity contribution in [3.63, 3.8) is 0 Å². The summed E-state index contributed by atoms with van der Waals surface area (Å²) in [6, 6.07) is 2.88. The predicted molar refractivity (Wildman–Crippen MR) is 72.5 cm³/mol. The van der Waals surface area contributed by atoms with Crippen LogP contribution in [0.25, 0.3) is 11.0 Å². The lowest BCUT2D eigenvalue weighted by molar-refractivity contribution is 0.122. The summed E-state index contributed by atoms with van der Waals surface area (Å²) in [4.78, 5) is 2.44. The van der Waals surface area contributed by atoms with E-state index < -0.39 is 11.6 Å². The van der Waals surface area contributed by atoms with Crippen LogP contribution >= 0.6 is 0 Å². The molecule has 0 atom stereocenters. The first kappa shape index (κ1) is 12.3. The van der Waals surface area contributed by atoms with E-state index in [1.807, 2.05) is 0 Å². The van der Waals surface area contributed by atoms with E-state index in [0.717, 1.165) is 43.3 Å². The lowest BCUT2D eigenvalue weighted by Crippen LogP contribution is -2.39. The Hall–Kier alpha value is -1.42. The van der Waals surface area contributed by atoms with E-state index in [-0.39, 0.29) is 0 Å². The normalized spacial score (nSPS) is 20.7.